The van der Waals surface area contributed by atoms with Gasteiger partial charge in [0.25, 0.3) is 0 Å². The maximum absolute atomic E-state index is 13.7. The molecule has 3 aromatic rings. The Balaban J connectivity index is 2.06. The zero-order valence-electron chi connectivity index (χ0n) is 19.6. The molecule has 0 fully saturated rings. The van der Waals surface area contributed by atoms with Crippen molar-refractivity contribution >= 4 is 35.5 Å². The zero-order valence-corrected chi connectivity index (χ0v) is 20.5. The second kappa shape index (κ2) is 9.22. The molecule has 1 aliphatic rings. The number of benzene rings is 2. The highest BCUT2D eigenvalue weighted by Crippen LogP contribution is 2.63. The molecule has 34 heavy (non-hydrogen) atoms. The SMILES string of the molecule is COP(=O)(OC)C1=C(C)NC=C(C(=O)OC(C)C)C1c1cccc2c(=O)c3ccccc3oc12. The van der Waals surface area contributed by atoms with Crippen LogP contribution in [0.5, 0.6) is 0 Å². The maximum Gasteiger partial charge on any atom is 0.359 e. The van der Waals surface area contributed by atoms with Gasteiger partial charge in [0, 0.05) is 31.7 Å². The second-order valence-electron chi connectivity index (χ2n) is 8.16. The summed E-state index contributed by atoms with van der Waals surface area (Å²) in [6, 6.07) is 12.0. The Labute approximate surface area is 196 Å². The van der Waals surface area contributed by atoms with E-state index in [1.807, 2.05) is 0 Å². The summed E-state index contributed by atoms with van der Waals surface area (Å²) in [5.41, 5.74) is 1.64. The van der Waals surface area contributed by atoms with Gasteiger partial charge in [-0.25, -0.2) is 4.79 Å². The van der Waals surface area contributed by atoms with Gasteiger partial charge < -0.3 is 23.5 Å². The van der Waals surface area contributed by atoms with Crippen LogP contribution in [0.3, 0.4) is 0 Å². The number of carbonyl (C=O) groups is 1. The summed E-state index contributed by atoms with van der Waals surface area (Å²) in [7, 11) is -1.27. The predicted molar refractivity (Wildman–Crippen MR) is 130 cm³/mol. The van der Waals surface area contributed by atoms with Gasteiger partial charge in [-0.05, 0) is 39.0 Å². The number of nitrogens with one attached hydrogen (secondary N) is 1. The van der Waals surface area contributed by atoms with Crippen molar-refractivity contribution in [1.29, 1.82) is 0 Å². The summed E-state index contributed by atoms with van der Waals surface area (Å²) in [5.74, 6) is -1.51. The molecule has 0 spiro atoms. The minimum absolute atomic E-state index is 0.187. The average Bonchev–Trinajstić information content (AvgIpc) is 2.83. The lowest BCUT2D eigenvalue weighted by atomic mass is 9.87. The summed E-state index contributed by atoms with van der Waals surface area (Å²) < 4.78 is 36.0. The summed E-state index contributed by atoms with van der Waals surface area (Å²) >= 11 is 0. The molecule has 178 valence electrons. The third-order valence-electron chi connectivity index (χ3n) is 5.71. The van der Waals surface area contributed by atoms with Crippen molar-refractivity contribution in [2.24, 2.45) is 0 Å². The molecule has 0 bridgehead atoms. The van der Waals surface area contributed by atoms with E-state index < -0.39 is 19.5 Å². The smallest absolute Gasteiger partial charge is 0.359 e. The Morgan fingerprint density at radius 1 is 1.06 bits per heavy atom. The average molecular weight is 483 g/mol. The lowest BCUT2D eigenvalue weighted by Gasteiger charge is -2.32. The van der Waals surface area contributed by atoms with Crippen LogP contribution in [0.15, 0.2) is 74.5 Å². The molecule has 1 unspecified atom stereocenters. The van der Waals surface area contributed by atoms with E-state index >= 15 is 0 Å². The van der Waals surface area contributed by atoms with Gasteiger partial charge in [-0.1, -0.05) is 24.3 Å². The molecule has 8 nitrogen and oxygen atoms in total. The first-order valence-electron chi connectivity index (χ1n) is 10.8. The molecule has 0 saturated carbocycles. The molecule has 0 aliphatic carbocycles. The molecule has 0 radical (unpaired) electrons. The van der Waals surface area contributed by atoms with Crippen molar-refractivity contribution in [2.45, 2.75) is 32.8 Å². The molecule has 0 amide bonds. The van der Waals surface area contributed by atoms with Gasteiger partial charge in [0.05, 0.1) is 33.7 Å². The molecule has 2 aromatic carbocycles. The number of hydrogen-bond acceptors (Lipinski definition) is 8. The number of para-hydroxylation sites is 2. The van der Waals surface area contributed by atoms with Crippen LogP contribution in [-0.2, 0) is 23.1 Å². The van der Waals surface area contributed by atoms with Crippen LogP contribution in [0.1, 0.15) is 32.3 Å². The minimum atomic E-state index is -3.83. The van der Waals surface area contributed by atoms with E-state index in [0.717, 1.165) is 0 Å². The van der Waals surface area contributed by atoms with Crippen LogP contribution in [0.25, 0.3) is 21.9 Å². The van der Waals surface area contributed by atoms with Crippen molar-refractivity contribution in [3.8, 4) is 0 Å². The quantitative estimate of drug-likeness (QED) is 0.290. The van der Waals surface area contributed by atoms with Crippen LogP contribution in [0.4, 0.5) is 0 Å². The predicted octanol–water partition coefficient (Wildman–Crippen LogP) is 5.19. The van der Waals surface area contributed by atoms with Gasteiger partial charge in [-0.3, -0.25) is 9.36 Å². The van der Waals surface area contributed by atoms with E-state index in [1.165, 1.54) is 20.4 Å². The lowest BCUT2D eigenvalue weighted by Crippen LogP contribution is -2.27. The first-order chi connectivity index (χ1) is 16.2. The van der Waals surface area contributed by atoms with Crippen LogP contribution in [0.2, 0.25) is 0 Å². The summed E-state index contributed by atoms with van der Waals surface area (Å²) in [4.78, 5) is 26.4. The first kappa shape index (κ1) is 24.0. The van der Waals surface area contributed by atoms with Gasteiger partial charge >= 0.3 is 13.6 Å². The molecule has 1 aromatic heterocycles. The van der Waals surface area contributed by atoms with E-state index in [0.29, 0.717) is 27.6 Å². The molecule has 2 heterocycles. The number of ether oxygens (including phenoxy) is 1. The molecule has 1 N–H and O–H groups in total. The molecule has 1 atom stereocenters. The Kier molecular flexibility index (Phi) is 6.49. The standard InChI is InChI=1S/C25H26NO7P/c1-14(2)32-25(28)19-13-26-15(3)24(34(29,30-4)31-5)21(19)17-10-8-11-18-22(27)16-9-6-7-12-20(16)33-23(17)18/h6-14,21,26H,1-5H3. The van der Waals surface area contributed by atoms with E-state index in [-0.39, 0.29) is 28.0 Å². The van der Waals surface area contributed by atoms with Crippen molar-refractivity contribution in [1.82, 2.24) is 5.32 Å². The van der Waals surface area contributed by atoms with Gasteiger partial charge in [-0.15, -0.1) is 0 Å². The van der Waals surface area contributed by atoms with Crippen LogP contribution in [-0.4, -0.2) is 26.3 Å². The number of allylic oxidation sites excluding steroid dienone is 2. The van der Waals surface area contributed by atoms with Crippen molar-refractivity contribution in [3.63, 3.8) is 0 Å². The number of fused-ring (bicyclic) bond motifs is 2. The van der Waals surface area contributed by atoms with Gasteiger partial charge in [-0.2, -0.15) is 0 Å². The lowest BCUT2D eigenvalue weighted by molar-refractivity contribution is -0.142. The van der Waals surface area contributed by atoms with Crippen LogP contribution in [0, 0.1) is 0 Å². The highest BCUT2D eigenvalue weighted by Gasteiger charge is 2.43. The molecule has 0 saturated heterocycles. The van der Waals surface area contributed by atoms with E-state index in [9.17, 15) is 14.2 Å². The third-order valence-corrected chi connectivity index (χ3v) is 7.86. The molecule has 9 heteroatoms. The van der Waals surface area contributed by atoms with Gasteiger partial charge in [0.1, 0.15) is 11.2 Å². The fourth-order valence-corrected chi connectivity index (χ4v) is 5.80. The van der Waals surface area contributed by atoms with E-state index in [4.69, 9.17) is 18.2 Å². The summed E-state index contributed by atoms with van der Waals surface area (Å²) in [6.45, 7) is 5.19. The van der Waals surface area contributed by atoms with Crippen molar-refractivity contribution in [2.75, 3.05) is 14.2 Å². The summed E-state index contributed by atoms with van der Waals surface area (Å²) in [6.07, 6.45) is 1.14. The van der Waals surface area contributed by atoms with E-state index in [2.05, 4.69) is 5.32 Å². The van der Waals surface area contributed by atoms with Gasteiger partial charge in [0.15, 0.2) is 0 Å². The fourth-order valence-electron chi connectivity index (χ4n) is 4.19. The number of hydrogen-bond donors (Lipinski definition) is 1. The largest absolute Gasteiger partial charge is 0.460 e. The normalized spacial score (nSPS) is 16.6. The third kappa shape index (κ3) is 3.98. The van der Waals surface area contributed by atoms with Crippen LogP contribution < -0.4 is 10.7 Å². The summed E-state index contributed by atoms with van der Waals surface area (Å²) in [5, 5.41) is 4.01. The van der Waals surface area contributed by atoms with Gasteiger partial charge in [0.2, 0.25) is 5.43 Å². The minimum Gasteiger partial charge on any atom is -0.460 e. The number of carbonyl (C=O) groups excluding carboxylic acids is 1. The second-order valence-corrected chi connectivity index (χ2v) is 10.4. The Morgan fingerprint density at radius 2 is 1.74 bits per heavy atom. The molecular formula is C25H26NO7P. The number of esters is 1. The first-order valence-corrected chi connectivity index (χ1v) is 12.3. The molecule has 1 aliphatic heterocycles. The van der Waals surface area contributed by atoms with Crippen LogP contribution >= 0.6 is 7.60 Å². The highest BCUT2D eigenvalue weighted by atomic mass is 31.2. The topological polar surface area (TPSA) is 104 Å². The van der Waals surface area contributed by atoms with Crippen molar-refractivity contribution < 1.29 is 27.6 Å². The fraction of sp³-hybridized carbons (Fsp3) is 0.280. The van der Waals surface area contributed by atoms with Crippen molar-refractivity contribution in [3.05, 3.63) is 81.0 Å². The Bertz CT molecular complexity index is 1440. The number of rotatable bonds is 6. The van der Waals surface area contributed by atoms with E-state index in [1.54, 1.807) is 63.2 Å². The number of dihydropyridines is 1. The molecule has 4 rings (SSSR count). The Morgan fingerprint density at radius 3 is 2.41 bits per heavy atom. The highest BCUT2D eigenvalue weighted by molar-refractivity contribution is 7.58. The maximum atomic E-state index is 13.7. The Hall–Kier alpha value is -3.19. The monoisotopic (exact) mass is 483 g/mol. The zero-order chi connectivity index (χ0) is 24.6. The molecular weight excluding hydrogens is 457 g/mol.